The number of nitrogens with zero attached hydrogens (tertiary/aromatic N) is 1. The minimum absolute atomic E-state index is 0.0660. The number of halogens is 1. The Balaban J connectivity index is 2.20. The summed E-state index contributed by atoms with van der Waals surface area (Å²) in [7, 11) is 0. The fourth-order valence-corrected chi connectivity index (χ4v) is 1.48. The predicted molar refractivity (Wildman–Crippen MR) is 55.7 cm³/mol. The maximum Gasteiger partial charge on any atom is 0.272 e. The van der Waals surface area contributed by atoms with E-state index in [-0.39, 0.29) is 18.0 Å². The molecule has 5 nitrogen and oxygen atoms in total. The maximum atomic E-state index is 13.5. The molecular weight excluding hydrogens is 215 g/mol. The number of hydrogen-bond donors (Lipinski definition) is 2. The monoisotopic (exact) mass is 226 g/mol. The van der Waals surface area contributed by atoms with E-state index in [1.165, 1.54) is 12.1 Å². The highest BCUT2D eigenvalue weighted by Crippen LogP contribution is 2.39. The van der Waals surface area contributed by atoms with Gasteiger partial charge in [0.25, 0.3) is 5.69 Å². The van der Waals surface area contributed by atoms with E-state index in [2.05, 4.69) is 5.32 Å². The van der Waals surface area contributed by atoms with E-state index in [0.29, 0.717) is 0 Å². The van der Waals surface area contributed by atoms with Crippen LogP contribution in [0.25, 0.3) is 0 Å². The second-order valence-electron chi connectivity index (χ2n) is 3.98. The number of anilines is 1. The van der Waals surface area contributed by atoms with E-state index in [9.17, 15) is 14.5 Å². The quantitative estimate of drug-likeness (QED) is 0.604. The van der Waals surface area contributed by atoms with Crippen LogP contribution >= 0.6 is 0 Å². The molecule has 0 heterocycles. The number of nitrogens with one attached hydrogen (secondary N) is 1. The molecule has 0 aliphatic heterocycles. The number of hydrogen-bond acceptors (Lipinski definition) is 4. The average Bonchev–Trinajstić information content (AvgIpc) is 3.01. The van der Waals surface area contributed by atoms with Crippen molar-refractivity contribution >= 4 is 11.4 Å². The minimum atomic E-state index is -0.672. The number of nitro benzene ring substituents is 1. The Morgan fingerprint density at radius 3 is 2.69 bits per heavy atom. The number of non-ortho nitro benzene ring substituents is 1. The van der Waals surface area contributed by atoms with Crippen molar-refractivity contribution in [2.24, 2.45) is 0 Å². The van der Waals surface area contributed by atoms with Gasteiger partial charge in [0.1, 0.15) is 0 Å². The van der Waals surface area contributed by atoms with Crippen molar-refractivity contribution in [1.29, 1.82) is 0 Å². The van der Waals surface area contributed by atoms with Crippen molar-refractivity contribution in [2.75, 3.05) is 11.9 Å². The molecule has 0 unspecified atom stereocenters. The summed E-state index contributed by atoms with van der Waals surface area (Å²) in [5, 5.41) is 22.3. The van der Waals surface area contributed by atoms with E-state index in [1.54, 1.807) is 0 Å². The van der Waals surface area contributed by atoms with Gasteiger partial charge >= 0.3 is 0 Å². The Labute approximate surface area is 91.0 Å². The summed E-state index contributed by atoms with van der Waals surface area (Å²) in [5.74, 6) is -0.672. The van der Waals surface area contributed by atoms with Crippen LogP contribution in [-0.4, -0.2) is 22.2 Å². The van der Waals surface area contributed by atoms with E-state index < -0.39 is 16.3 Å². The number of benzene rings is 1. The Kier molecular flexibility index (Phi) is 2.51. The van der Waals surface area contributed by atoms with Crippen LogP contribution in [-0.2, 0) is 0 Å². The summed E-state index contributed by atoms with van der Waals surface area (Å²) in [4.78, 5) is 9.75. The first-order valence-corrected chi connectivity index (χ1v) is 4.89. The Morgan fingerprint density at radius 1 is 1.56 bits per heavy atom. The molecule has 0 saturated heterocycles. The molecule has 0 bridgehead atoms. The lowest BCUT2D eigenvalue weighted by Crippen LogP contribution is -2.26. The largest absolute Gasteiger partial charge is 0.394 e. The molecule has 0 amide bonds. The normalized spacial score (nSPS) is 16.9. The van der Waals surface area contributed by atoms with Crippen molar-refractivity contribution in [3.8, 4) is 0 Å². The molecule has 1 aromatic rings. The molecule has 86 valence electrons. The van der Waals surface area contributed by atoms with Crippen LogP contribution in [0.5, 0.6) is 0 Å². The Bertz CT molecular complexity index is 432. The number of aliphatic hydroxyl groups excluding tert-OH is 1. The molecule has 1 aliphatic rings. The van der Waals surface area contributed by atoms with E-state index in [1.807, 2.05) is 0 Å². The summed E-state index contributed by atoms with van der Waals surface area (Å²) in [6.07, 6.45) is 1.56. The second-order valence-corrected chi connectivity index (χ2v) is 3.98. The smallest absolute Gasteiger partial charge is 0.272 e. The second kappa shape index (κ2) is 3.71. The van der Waals surface area contributed by atoms with E-state index >= 15 is 0 Å². The van der Waals surface area contributed by atoms with Crippen LogP contribution in [0.3, 0.4) is 0 Å². The lowest BCUT2D eigenvalue weighted by atomic mass is 10.2. The Hall–Kier alpha value is -1.69. The molecule has 0 atom stereocenters. The summed E-state index contributed by atoms with van der Waals surface area (Å²) in [6, 6.07) is 3.43. The molecule has 0 radical (unpaired) electrons. The highest BCUT2D eigenvalue weighted by molar-refractivity contribution is 5.53. The summed E-state index contributed by atoms with van der Waals surface area (Å²) >= 11 is 0. The molecule has 1 aromatic carbocycles. The van der Waals surface area contributed by atoms with Gasteiger partial charge in [0.15, 0.2) is 5.82 Å². The first kappa shape index (κ1) is 10.8. The molecule has 2 N–H and O–H groups in total. The fraction of sp³-hybridized carbons (Fsp3) is 0.400. The fourth-order valence-electron chi connectivity index (χ4n) is 1.48. The van der Waals surface area contributed by atoms with Gasteiger partial charge in [-0.05, 0) is 18.9 Å². The van der Waals surface area contributed by atoms with Crippen LogP contribution in [0.1, 0.15) is 12.8 Å². The third-order valence-electron chi connectivity index (χ3n) is 2.72. The van der Waals surface area contributed by atoms with Gasteiger partial charge in [-0.25, -0.2) is 4.39 Å². The van der Waals surface area contributed by atoms with Gasteiger partial charge < -0.3 is 10.4 Å². The van der Waals surface area contributed by atoms with Crippen molar-refractivity contribution in [3.05, 3.63) is 34.1 Å². The van der Waals surface area contributed by atoms with Crippen molar-refractivity contribution < 1.29 is 14.4 Å². The summed E-state index contributed by atoms with van der Waals surface area (Å²) < 4.78 is 13.5. The van der Waals surface area contributed by atoms with Gasteiger partial charge in [-0.1, -0.05) is 0 Å². The topological polar surface area (TPSA) is 75.4 Å². The minimum Gasteiger partial charge on any atom is -0.394 e. The highest BCUT2D eigenvalue weighted by Gasteiger charge is 2.42. The van der Waals surface area contributed by atoms with Crippen molar-refractivity contribution in [1.82, 2.24) is 0 Å². The Morgan fingerprint density at radius 2 is 2.25 bits per heavy atom. The van der Waals surface area contributed by atoms with Crippen molar-refractivity contribution in [2.45, 2.75) is 18.4 Å². The SMILES string of the molecule is O=[N+]([O-])c1ccc(NC2(CO)CC2)c(F)c1. The predicted octanol–water partition coefficient (Wildman–Crippen LogP) is 1.67. The van der Waals surface area contributed by atoms with Crippen LogP contribution in [0.2, 0.25) is 0 Å². The first-order valence-electron chi connectivity index (χ1n) is 4.89. The van der Waals surface area contributed by atoms with Gasteiger partial charge in [0.05, 0.1) is 28.8 Å². The highest BCUT2D eigenvalue weighted by atomic mass is 19.1. The van der Waals surface area contributed by atoms with Crippen LogP contribution in [0, 0.1) is 15.9 Å². The van der Waals surface area contributed by atoms with Crippen molar-refractivity contribution in [3.63, 3.8) is 0 Å². The maximum absolute atomic E-state index is 13.5. The first-order chi connectivity index (χ1) is 7.56. The molecule has 0 aromatic heterocycles. The van der Waals surface area contributed by atoms with Crippen LogP contribution in [0.4, 0.5) is 15.8 Å². The van der Waals surface area contributed by atoms with Gasteiger partial charge in [0, 0.05) is 6.07 Å². The van der Waals surface area contributed by atoms with Crippen LogP contribution in [0.15, 0.2) is 18.2 Å². The van der Waals surface area contributed by atoms with E-state index in [4.69, 9.17) is 5.11 Å². The summed E-state index contributed by atoms with van der Waals surface area (Å²) in [5.41, 5.74) is -0.522. The standard InChI is InChI=1S/C10H11FN2O3/c11-8-5-7(13(15)16)1-2-9(8)12-10(6-14)3-4-10/h1-2,5,12,14H,3-4,6H2. The lowest BCUT2D eigenvalue weighted by molar-refractivity contribution is -0.385. The molecular formula is C10H11FN2O3. The number of rotatable bonds is 4. The molecule has 16 heavy (non-hydrogen) atoms. The lowest BCUT2D eigenvalue weighted by Gasteiger charge is -2.16. The molecule has 1 saturated carbocycles. The van der Waals surface area contributed by atoms with Crippen LogP contribution < -0.4 is 5.32 Å². The average molecular weight is 226 g/mol. The zero-order valence-electron chi connectivity index (χ0n) is 8.44. The summed E-state index contributed by atoms with van der Waals surface area (Å²) in [6.45, 7) is -0.0660. The van der Waals surface area contributed by atoms with E-state index in [0.717, 1.165) is 18.9 Å². The molecule has 1 aliphatic carbocycles. The zero-order valence-corrected chi connectivity index (χ0v) is 8.44. The van der Waals surface area contributed by atoms with Gasteiger partial charge in [-0.3, -0.25) is 10.1 Å². The molecule has 6 heteroatoms. The third kappa shape index (κ3) is 1.96. The zero-order chi connectivity index (χ0) is 11.8. The molecule has 0 spiro atoms. The number of nitro groups is 1. The van der Waals surface area contributed by atoms with Gasteiger partial charge in [-0.2, -0.15) is 0 Å². The molecule has 2 rings (SSSR count). The molecule has 1 fully saturated rings. The van der Waals surface area contributed by atoms with Gasteiger partial charge in [0.2, 0.25) is 0 Å². The third-order valence-corrected chi connectivity index (χ3v) is 2.72. The van der Waals surface area contributed by atoms with Gasteiger partial charge in [-0.15, -0.1) is 0 Å². The number of aliphatic hydroxyl groups is 1.